The molecule has 1 heterocycles. The maximum Gasteiger partial charge on any atom is 0.270 e. The molecule has 3 aromatic rings. The Labute approximate surface area is 156 Å². The summed E-state index contributed by atoms with van der Waals surface area (Å²) in [4.78, 5) is 19.7. The summed E-state index contributed by atoms with van der Waals surface area (Å²) >= 11 is 1.38. The maximum atomic E-state index is 12.9. The fourth-order valence-corrected chi connectivity index (χ4v) is 3.65. The molecule has 6 heteroatoms. The zero-order chi connectivity index (χ0) is 18.7. The average molecular weight is 368 g/mol. The molecule has 5 nitrogen and oxygen atoms in total. The number of benzene rings is 2. The molecule has 0 N–H and O–H groups in total. The van der Waals surface area contributed by atoms with Crippen LogP contribution in [0, 0.1) is 6.92 Å². The average Bonchev–Trinajstić information content (AvgIpc) is 3.08. The molecule has 0 aliphatic carbocycles. The number of hydrogen-bond acceptors (Lipinski definition) is 5. The number of aromatic nitrogens is 1. The van der Waals surface area contributed by atoms with Crippen molar-refractivity contribution in [3.05, 3.63) is 59.1 Å². The highest BCUT2D eigenvalue weighted by Crippen LogP contribution is 2.35. The lowest BCUT2D eigenvalue weighted by molar-refractivity contribution is 0.0996. The predicted molar refractivity (Wildman–Crippen MR) is 105 cm³/mol. The summed E-state index contributed by atoms with van der Waals surface area (Å²) in [5.74, 6) is 1.22. The van der Waals surface area contributed by atoms with Gasteiger partial charge in [0.05, 0.1) is 19.9 Å². The monoisotopic (exact) mass is 368 g/mol. The highest BCUT2D eigenvalue weighted by molar-refractivity contribution is 7.17. The molecule has 0 saturated carbocycles. The van der Waals surface area contributed by atoms with Gasteiger partial charge in [-0.3, -0.25) is 4.79 Å². The summed E-state index contributed by atoms with van der Waals surface area (Å²) in [6.07, 6.45) is 0. The standard InChI is InChI=1S/C20H20N2O3S/c1-13-18(20(23)22(2)15-8-6-5-7-9-15)26-19(21-13)14-10-11-16(24-3)17(12-14)25-4/h5-12H,1-4H3. The molecule has 0 fully saturated rings. The summed E-state index contributed by atoms with van der Waals surface area (Å²) in [6.45, 7) is 1.85. The van der Waals surface area contributed by atoms with Gasteiger partial charge in [-0.25, -0.2) is 4.98 Å². The Balaban J connectivity index is 1.93. The smallest absolute Gasteiger partial charge is 0.270 e. The van der Waals surface area contributed by atoms with Crippen LogP contribution < -0.4 is 14.4 Å². The minimum Gasteiger partial charge on any atom is -0.493 e. The van der Waals surface area contributed by atoms with E-state index >= 15 is 0 Å². The highest BCUT2D eigenvalue weighted by Gasteiger charge is 2.21. The van der Waals surface area contributed by atoms with Gasteiger partial charge in [-0.05, 0) is 37.3 Å². The van der Waals surface area contributed by atoms with Gasteiger partial charge in [0.15, 0.2) is 11.5 Å². The van der Waals surface area contributed by atoms with Gasteiger partial charge >= 0.3 is 0 Å². The van der Waals surface area contributed by atoms with Crippen LogP contribution in [0.3, 0.4) is 0 Å². The van der Waals surface area contributed by atoms with E-state index in [0.29, 0.717) is 22.1 Å². The number of para-hydroxylation sites is 1. The summed E-state index contributed by atoms with van der Waals surface area (Å²) in [5.41, 5.74) is 2.45. The maximum absolute atomic E-state index is 12.9. The van der Waals surface area contributed by atoms with E-state index in [9.17, 15) is 4.79 Å². The number of amides is 1. The third-order valence-electron chi connectivity index (χ3n) is 4.07. The number of ether oxygens (including phenoxy) is 2. The molecular formula is C20H20N2O3S. The predicted octanol–water partition coefficient (Wildman–Crippen LogP) is 4.41. The molecule has 0 unspecified atom stereocenters. The second-order valence-corrected chi connectivity index (χ2v) is 6.70. The lowest BCUT2D eigenvalue weighted by atomic mass is 10.2. The SMILES string of the molecule is COc1ccc(-c2nc(C)c(C(=O)N(C)c3ccccc3)s2)cc1OC. The van der Waals surface area contributed by atoms with E-state index < -0.39 is 0 Å². The molecule has 0 atom stereocenters. The van der Waals surface area contributed by atoms with Gasteiger partial charge in [0.25, 0.3) is 5.91 Å². The number of aryl methyl sites for hydroxylation is 1. The van der Waals surface area contributed by atoms with Crippen molar-refractivity contribution >= 4 is 22.9 Å². The zero-order valence-corrected chi connectivity index (χ0v) is 16.0. The van der Waals surface area contributed by atoms with Gasteiger partial charge in [0, 0.05) is 18.3 Å². The second-order valence-electron chi connectivity index (χ2n) is 5.70. The Bertz CT molecular complexity index is 922. The molecule has 1 amide bonds. The van der Waals surface area contributed by atoms with Crippen molar-refractivity contribution in [1.29, 1.82) is 0 Å². The molecule has 0 aliphatic rings. The van der Waals surface area contributed by atoms with Gasteiger partial charge in [0.2, 0.25) is 0 Å². The van der Waals surface area contributed by atoms with Gasteiger partial charge in [-0.1, -0.05) is 18.2 Å². The minimum atomic E-state index is -0.0714. The van der Waals surface area contributed by atoms with E-state index in [-0.39, 0.29) is 5.91 Å². The van der Waals surface area contributed by atoms with Gasteiger partial charge in [-0.15, -0.1) is 11.3 Å². The zero-order valence-electron chi connectivity index (χ0n) is 15.1. The highest BCUT2D eigenvalue weighted by atomic mass is 32.1. The second kappa shape index (κ2) is 7.58. The summed E-state index contributed by atoms with van der Waals surface area (Å²) in [7, 11) is 4.96. The van der Waals surface area contributed by atoms with Crippen LogP contribution in [-0.4, -0.2) is 32.2 Å². The lowest BCUT2D eigenvalue weighted by Crippen LogP contribution is -2.25. The van der Waals surface area contributed by atoms with Crippen LogP contribution in [0.1, 0.15) is 15.4 Å². The van der Waals surface area contributed by atoms with Crippen molar-refractivity contribution < 1.29 is 14.3 Å². The van der Waals surface area contributed by atoms with Crippen molar-refractivity contribution in [2.75, 3.05) is 26.2 Å². The van der Waals surface area contributed by atoms with Crippen LogP contribution in [0.15, 0.2) is 48.5 Å². The van der Waals surface area contributed by atoms with Crippen LogP contribution in [-0.2, 0) is 0 Å². The first-order valence-electron chi connectivity index (χ1n) is 8.08. The first kappa shape index (κ1) is 17.9. The van der Waals surface area contributed by atoms with Crippen LogP contribution in [0.5, 0.6) is 11.5 Å². The topological polar surface area (TPSA) is 51.7 Å². The number of thiazole rings is 1. The molecule has 134 valence electrons. The van der Waals surface area contributed by atoms with Gasteiger partial charge < -0.3 is 14.4 Å². The first-order chi connectivity index (χ1) is 12.5. The molecule has 26 heavy (non-hydrogen) atoms. The molecule has 0 radical (unpaired) electrons. The molecular weight excluding hydrogens is 348 g/mol. The van der Waals surface area contributed by atoms with Crippen molar-refractivity contribution in [1.82, 2.24) is 4.98 Å². The molecule has 1 aromatic heterocycles. The third-order valence-corrected chi connectivity index (χ3v) is 5.26. The third kappa shape index (κ3) is 3.41. The van der Waals surface area contributed by atoms with E-state index in [4.69, 9.17) is 9.47 Å². The number of carbonyl (C=O) groups excluding carboxylic acids is 1. The van der Waals surface area contributed by atoms with E-state index in [1.165, 1.54) is 11.3 Å². The van der Waals surface area contributed by atoms with Crippen LogP contribution >= 0.6 is 11.3 Å². The largest absolute Gasteiger partial charge is 0.493 e. The van der Waals surface area contributed by atoms with Crippen LogP contribution in [0.25, 0.3) is 10.6 Å². The first-order valence-corrected chi connectivity index (χ1v) is 8.89. The number of rotatable bonds is 5. The quantitative estimate of drug-likeness (QED) is 0.669. The number of carbonyl (C=O) groups is 1. The normalized spacial score (nSPS) is 10.5. The van der Waals surface area contributed by atoms with E-state index in [1.807, 2.05) is 55.5 Å². The van der Waals surface area contributed by atoms with Crippen molar-refractivity contribution in [3.8, 4) is 22.1 Å². The molecule has 3 rings (SSSR count). The van der Waals surface area contributed by atoms with E-state index in [1.54, 1.807) is 26.2 Å². The molecule has 0 saturated heterocycles. The Kier molecular flexibility index (Phi) is 5.23. The van der Waals surface area contributed by atoms with E-state index in [0.717, 1.165) is 16.3 Å². The van der Waals surface area contributed by atoms with Crippen LogP contribution in [0.4, 0.5) is 5.69 Å². The molecule has 2 aromatic carbocycles. The Morgan fingerprint density at radius 2 is 1.73 bits per heavy atom. The number of anilines is 1. The Morgan fingerprint density at radius 1 is 1.04 bits per heavy atom. The van der Waals surface area contributed by atoms with Gasteiger partial charge in [-0.2, -0.15) is 0 Å². The van der Waals surface area contributed by atoms with Crippen molar-refractivity contribution in [3.63, 3.8) is 0 Å². The fourth-order valence-electron chi connectivity index (χ4n) is 2.61. The molecule has 0 bridgehead atoms. The molecule has 0 aliphatic heterocycles. The summed E-state index contributed by atoms with van der Waals surface area (Å²) in [6, 6.07) is 15.2. The van der Waals surface area contributed by atoms with E-state index in [2.05, 4.69) is 4.98 Å². The lowest BCUT2D eigenvalue weighted by Gasteiger charge is -2.16. The summed E-state index contributed by atoms with van der Waals surface area (Å²) < 4.78 is 10.6. The molecule has 0 spiro atoms. The fraction of sp³-hybridized carbons (Fsp3) is 0.200. The number of hydrogen-bond donors (Lipinski definition) is 0. The van der Waals surface area contributed by atoms with Gasteiger partial charge in [0.1, 0.15) is 9.88 Å². The Hall–Kier alpha value is -2.86. The van der Waals surface area contributed by atoms with Crippen molar-refractivity contribution in [2.24, 2.45) is 0 Å². The Morgan fingerprint density at radius 3 is 2.38 bits per heavy atom. The number of nitrogens with zero attached hydrogens (tertiary/aromatic N) is 2. The minimum absolute atomic E-state index is 0.0714. The van der Waals surface area contributed by atoms with Crippen molar-refractivity contribution in [2.45, 2.75) is 6.92 Å². The summed E-state index contributed by atoms with van der Waals surface area (Å²) in [5, 5.41) is 0.772. The van der Waals surface area contributed by atoms with Crippen LogP contribution in [0.2, 0.25) is 0 Å². The number of methoxy groups -OCH3 is 2.